The molecule has 10 nitrogen and oxygen atoms in total. The summed E-state index contributed by atoms with van der Waals surface area (Å²) in [6.45, 7) is 14.1. The number of rotatable bonds is 11. The normalized spacial score (nSPS) is 12.9. The number of para-hydroxylation sites is 1. The van der Waals surface area contributed by atoms with Gasteiger partial charge in [0.1, 0.15) is 23.4 Å². The Bertz CT molecular complexity index is 925. The smallest absolute Gasteiger partial charge is 0.408 e. The van der Waals surface area contributed by atoms with Crippen LogP contribution in [0.2, 0.25) is 0 Å². The van der Waals surface area contributed by atoms with Crippen molar-refractivity contribution in [1.82, 2.24) is 15.5 Å². The summed E-state index contributed by atoms with van der Waals surface area (Å²) in [5.41, 5.74) is 0.0135. The number of nitrogens with one attached hydrogen (secondary N) is 2. The van der Waals surface area contributed by atoms with E-state index in [0.717, 1.165) is 0 Å². The number of phenolic OH excluding ortho intramolecular Hbond substituents is 1. The van der Waals surface area contributed by atoms with E-state index >= 15 is 0 Å². The molecule has 3 amide bonds. The van der Waals surface area contributed by atoms with Gasteiger partial charge in [-0.15, -0.1) is 0 Å². The predicted molar refractivity (Wildman–Crippen MR) is 135 cm³/mol. The molecular weight excluding hydrogens is 466 g/mol. The van der Waals surface area contributed by atoms with Gasteiger partial charge in [-0.3, -0.25) is 14.4 Å². The van der Waals surface area contributed by atoms with E-state index in [9.17, 15) is 24.3 Å². The quantitative estimate of drug-likeness (QED) is 0.392. The highest BCUT2D eigenvalue weighted by Crippen LogP contribution is 2.32. The lowest BCUT2D eigenvalue weighted by molar-refractivity contribution is -0.144. The lowest BCUT2D eigenvalue weighted by Crippen LogP contribution is -2.54. The molecular formula is C26H41N3O7. The number of phenols is 1. The molecule has 0 heterocycles. The second kappa shape index (κ2) is 13.7. The number of likely N-dealkylation sites (N-methyl/N-ethyl adjacent to an activating group) is 1. The average Bonchev–Trinajstić information content (AvgIpc) is 2.76. The van der Waals surface area contributed by atoms with Crippen LogP contribution in [0.1, 0.15) is 72.1 Å². The molecule has 0 saturated carbocycles. The molecule has 3 N–H and O–H groups in total. The van der Waals surface area contributed by atoms with Gasteiger partial charge in [0.2, 0.25) is 11.8 Å². The monoisotopic (exact) mass is 507 g/mol. The highest BCUT2D eigenvalue weighted by atomic mass is 16.6. The van der Waals surface area contributed by atoms with Crippen LogP contribution in [0.15, 0.2) is 18.2 Å². The summed E-state index contributed by atoms with van der Waals surface area (Å²) in [5.74, 6) is -1.98. The summed E-state index contributed by atoms with van der Waals surface area (Å²) in [6, 6.07) is 2.75. The zero-order valence-corrected chi connectivity index (χ0v) is 22.6. The predicted octanol–water partition coefficient (Wildman–Crippen LogP) is 3.21. The van der Waals surface area contributed by atoms with Crippen molar-refractivity contribution in [2.45, 2.75) is 79.5 Å². The highest BCUT2D eigenvalue weighted by molar-refractivity contribution is 5.92. The van der Waals surface area contributed by atoms with Gasteiger partial charge in [-0.25, -0.2) is 4.79 Å². The van der Waals surface area contributed by atoms with Crippen LogP contribution < -0.4 is 10.6 Å². The van der Waals surface area contributed by atoms with Crippen LogP contribution >= 0.6 is 0 Å². The first-order chi connectivity index (χ1) is 16.7. The second-order valence-electron chi connectivity index (χ2n) is 9.75. The number of benzene rings is 1. The van der Waals surface area contributed by atoms with Crippen molar-refractivity contribution < 1.29 is 33.8 Å². The van der Waals surface area contributed by atoms with E-state index in [1.165, 1.54) is 4.90 Å². The third kappa shape index (κ3) is 9.05. The number of aromatic hydroxyl groups is 1. The zero-order valence-electron chi connectivity index (χ0n) is 22.6. The van der Waals surface area contributed by atoms with Gasteiger partial charge >= 0.3 is 12.1 Å². The summed E-state index contributed by atoms with van der Waals surface area (Å²) >= 11 is 0. The van der Waals surface area contributed by atoms with Gasteiger partial charge < -0.3 is 30.1 Å². The zero-order chi connectivity index (χ0) is 27.6. The molecule has 10 heteroatoms. The number of hydrogen-bond donors (Lipinski definition) is 3. The summed E-state index contributed by atoms with van der Waals surface area (Å²) in [7, 11) is 0. The largest absolute Gasteiger partial charge is 0.507 e. The van der Waals surface area contributed by atoms with E-state index in [1.54, 1.807) is 73.6 Å². The van der Waals surface area contributed by atoms with Crippen LogP contribution in [-0.2, 0) is 23.9 Å². The molecule has 1 rings (SSSR count). The van der Waals surface area contributed by atoms with E-state index in [1.807, 2.05) is 0 Å². The Hall–Kier alpha value is -3.30. The Morgan fingerprint density at radius 1 is 1.11 bits per heavy atom. The van der Waals surface area contributed by atoms with Crippen molar-refractivity contribution in [1.29, 1.82) is 0 Å². The van der Waals surface area contributed by atoms with E-state index in [0.29, 0.717) is 5.56 Å². The SMILES string of the molecule is CCOC(=O)CCNC(=O)C(c1cccc(C)c1O)N(CC)C(=O)C(NC(=O)OC(C)(C)C)C(C)C. The van der Waals surface area contributed by atoms with Crippen LogP contribution in [0.4, 0.5) is 4.79 Å². The van der Waals surface area contributed by atoms with E-state index in [2.05, 4.69) is 10.6 Å². The molecule has 0 aliphatic rings. The maximum Gasteiger partial charge on any atom is 0.408 e. The van der Waals surface area contributed by atoms with Crippen molar-refractivity contribution in [2.24, 2.45) is 5.92 Å². The highest BCUT2D eigenvalue weighted by Gasteiger charge is 2.38. The van der Waals surface area contributed by atoms with E-state index in [4.69, 9.17) is 9.47 Å². The van der Waals surface area contributed by atoms with Gasteiger partial charge in [0.25, 0.3) is 0 Å². The minimum atomic E-state index is -1.20. The molecule has 0 aliphatic heterocycles. The number of ether oxygens (including phenoxy) is 2. The van der Waals surface area contributed by atoms with Crippen molar-refractivity contribution in [3.8, 4) is 5.75 Å². The molecule has 1 aromatic carbocycles. The Kier molecular flexibility index (Phi) is 11.7. The lowest BCUT2D eigenvalue weighted by Gasteiger charge is -2.35. The molecule has 0 bridgehead atoms. The molecule has 0 spiro atoms. The average molecular weight is 508 g/mol. The Labute approximate surface area is 213 Å². The van der Waals surface area contributed by atoms with Gasteiger partial charge in [0.05, 0.1) is 13.0 Å². The van der Waals surface area contributed by atoms with Crippen LogP contribution in [0, 0.1) is 12.8 Å². The van der Waals surface area contributed by atoms with Crippen LogP contribution in [0.3, 0.4) is 0 Å². The van der Waals surface area contributed by atoms with Crippen molar-refractivity contribution >= 4 is 23.9 Å². The summed E-state index contributed by atoms with van der Waals surface area (Å²) in [6.07, 6.45) is -0.791. The fraction of sp³-hybridized carbons (Fsp3) is 0.615. The van der Waals surface area contributed by atoms with Crippen LogP contribution in [0.5, 0.6) is 5.75 Å². The number of carbonyl (C=O) groups is 4. The Morgan fingerprint density at radius 3 is 2.28 bits per heavy atom. The molecule has 0 fully saturated rings. The van der Waals surface area contributed by atoms with Crippen LogP contribution in [0.25, 0.3) is 0 Å². The standard InChI is InChI=1S/C26H41N3O7/c1-9-29(24(33)20(16(3)4)28-25(34)36-26(6,7)8)21(18-13-11-12-17(5)22(18)31)23(32)27-15-14-19(30)35-10-2/h11-13,16,20-21,31H,9-10,14-15H2,1-8H3,(H,27,32)(H,28,34). The molecule has 0 aliphatic carbocycles. The maximum atomic E-state index is 13.7. The number of alkyl carbamates (subject to hydrolysis) is 1. The first kappa shape index (κ1) is 30.7. The molecule has 36 heavy (non-hydrogen) atoms. The van der Waals surface area contributed by atoms with E-state index < -0.39 is 41.6 Å². The number of amides is 3. The molecule has 0 aromatic heterocycles. The molecule has 0 saturated heterocycles. The minimum absolute atomic E-state index is 0.00371. The molecule has 0 radical (unpaired) electrons. The van der Waals surface area contributed by atoms with Gasteiger partial charge in [-0.2, -0.15) is 0 Å². The molecule has 1 aromatic rings. The third-order valence-corrected chi connectivity index (χ3v) is 5.29. The van der Waals surface area contributed by atoms with E-state index in [-0.39, 0.29) is 43.3 Å². The van der Waals surface area contributed by atoms with Crippen LogP contribution in [-0.4, -0.2) is 65.2 Å². The first-order valence-electron chi connectivity index (χ1n) is 12.2. The minimum Gasteiger partial charge on any atom is -0.507 e. The summed E-state index contributed by atoms with van der Waals surface area (Å²) in [4.78, 5) is 52.5. The van der Waals surface area contributed by atoms with Crippen molar-refractivity contribution in [2.75, 3.05) is 19.7 Å². The maximum absolute atomic E-state index is 13.7. The Morgan fingerprint density at radius 2 is 1.75 bits per heavy atom. The molecule has 2 unspecified atom stereocenters. The Balaban J connectivity index is 3.33. The number of esters is 1. The first-order valence-corrected chi connectivity index (χ1v) is 12.2. The summed E-state index contributed by atoms with van der Waals surface area (Å²) in [5, 5.41) is 16.1. The third-order valence-electron chi connectivity index (χ3n) is 5.29. The lowest BCUT2D eigenvalue weighted by atomic mass is 9.97. The van der Waals surface area contributed by atoms with Crippen molar-refractivity contribution in [3.05, 3.63) is 29.3 Å². The van der Waals surface area contributed by atoms with Gasteiger partial charge in [-0.1, -0.05) is 32.0 Å². The molecule has 2 atom stereocenters. The number of aryl methyl sites for hydroxylation is 1. The number of hydrogen-bond acceptors (Lipinski definition) is 7. The van der Waals surface area contributed by atoms with Gasteiger partial charge in [0, 0.05) is 18.7 Å². The second-order valence-corrected chi connectivity index (χ2v) is 9.75. The number of nitrogens with zero attached hydrogens (tertiary/aromatic N) is 1. The topological polar surface area (TPSA) is 134 Å². The van der Waals surface area contributed by atoms with Gasteiger partial charge in [0.15, 0.2) is 0 Å². The number of carbonyl (C=O) groups excluding carboxylic acids is 4. The molecule has 202 valence electrons. The van der Waals surface area contributed by atoms with Gasteiger partial charge in [-0.05, 0) is 53.0 Å². The van der Waals surface area contributed by atoms with Crippen molar-refractivity contribution in [3.63, 3.8) is 0 Å². The fourth-order valence-electron chi connectivity index (χ4n) is 3.56. The summed E-state index contributed by atoms with van der Waals surface area (Å²) < 4.78 is 10.2. The fourth-order valence-corrected chi connectivity index (χ4v) is 3.56.